The normalized spacial score (nSPS) is 10.7. The van der Waals surface area contributed by atoms with Crippen molar-refractivity contribution in [3.05, 3.63) is 59.8 Å². The number of carbonyl (C=O) groups excluding carboxylic acids is 1. The molecule has 4 heteroatoms. The van der Waals surface area contributed by atoms with E-state index in [1.165, 1.54) is 0 Å². The molecule has 0 bridgehead atoms. The highest BCUT2D eigenvalue weighted by Crippen LogP contribution is 2.21. The van der Waals surface area contributed by atoms with E-state index in [-0.39, 0.29) is 5.78 Å². The Hall–Kier alpha value is -2.62. The molecule has 1 aromatic heterocycles. The van der Waals surface area contributed by atoms with E-state index in [9.17, 15) is 4.79 Å². The first-order chi connectivity index (χ1) is 9.66. The van der Waals surface area contributed by atoms with Gasteiger partial charge < -0.3 is 9.42 Å². The summed E-state index contributed by atoms with van der Waals surface area (Å²) in [4.78, 5) is 14.5. The van der Waals surface area contributed by atoms with Gasteiger partial charge in [0.1, 0.15) is 0 Å². The molecule has 100 valence electrons. The molecule has 0 atom stereocenters. The smallest absolute Gasteiger partial charge is 0.215 e. The molecule has 2 aromatic carbocycles. The quantitative estimate of drug-likeness (QED) is 0.683. The fourth-order valence-electron chi connectivity index (χ4n) is 2.10. The van der Waals surface area contributed by atoms with E-state index in [1.54, 1.807) is 18.2 Å². The summed E-state index contributed by atoms with van der Waals surface area (Å²) in [5.74, 6) is -0.125. The number of anilines is 1. The van der Waals surface area contributed by atoms with Crippen LogP contribution in [0.2, 0.25) is 0 Å². The van der Waals surface area contributed by atoms with Gasteiger partial charge in [0.2, 0.25) is 5.78 Å². The van der Waals surface area contributed by atoms with Crippen LogP contribution in [0, 0.1) is 0 Å². The van der Waals surface area contributed by atoms with E-state index in [2.05, 4.69) is 5.16 Å². The van der Waals surface area contributed by atoms with E-state index >= 15 is 0 Å². The summed E-state index contributed by atoms with van der Waals surface area (Å²) >= 11 is 0. The highest BCUT2D eigenvalue weighted by molar-refractivity contribution is 6.14. The molecular weight excluding hydrogens is 252 g/mol. The average Bonchev–Trinajstić information content (AvgIpc) is 2.90. The van der Waals surface area contributed by atoms with Gasteiger partial charge in [0.15, 0.2) is 11.3 Å². The van der Waals surface area contributed by atoms with Crippen molar-refractivity contribution in [2.75, 3.05) is 19.0 Å². The summed E-state index contributed by atoms with van der Waals surface area (Å²) in [5.41, 5.74) is 2.64. The van der Waals surface area contributed by atoms with Gasteiger partial charge in [-0.05, 0) is 36.4 Å². The summed E-state index contributed by atoms with van der Waals surface area (Å²) in [6.45, 7) is 0. The summed E-state index contributed by atoms with van der Waals surface area (Å²) in [6.07, 6.45) is 0. The molecule has 0 unspecified atom stereocenters. The van der Waals surface area contributed by atoms with Crippen molar-refractivity contribution in [2.45, 2.75) is 0 Å². The molecule has 0 saturated heterocycles. The zero-order chi connectivity index (χ0) is 14.1. The first-order valence-electron chi connectivity index (χ1n) is 6.33. The van der Waals surface area contributed by atoms with Crippen molar-refractivity contribution in [1.29, 1.82) is 0 Å². The number of hydrogen-bond acceptors (Lipinski definition) is 4. The van der Waals surface area contributed by atoms with Crippen LogP contribution in [-0.2, 0) is 0 Å². The maximum absolute atomic E-state index is 12.5. The predicted octanol–water partition coefficient (Wildman–Crippen LogP) is 3.12. The Morgan fingerprint density at radius 2 is 1.75 bits per heavy atom. The van der Waals surface area contributed by atoms with Crippen LogP contribution in [0.25, 0.3) is 11.0 Å². The van der Waals surface area contributed by atoms with Crippen molar-refractivity contribution < 1.29 is 9.32 Å². The van der Waals surface area contributed by atoms with E-state index in [4.69, 9.17) is 4.52 Å². The van der Waals surface area contributed by atoms with Crippen LogP contribution in [0.1, 0.15) is 16.1 Å². The number of nitrogens with zero attached hydrogens (tertiary/aromatic N) is 2. The average molecular weight is 266 g/mol. The van der Waals surface area contributed by atoms with Gasteiger partial charge in [-0.2, -0.15) is 0 Å². The molecule has 0 aliphatic carbocycles. The van der Waals surface area contributed by atoms with Crippen LogP contribution in [-0.4, -0.2) is 25.0 Å². The van der Waals surface area contributed by atoms with Crippen molar-refractivity contribution in [2.24, 2.45) is 0 Å². The van der Waals surface area contributed by atoms with Gasteiger partial charge >= 0.3 is 0 Å². The van der Waals surface area contributed by atoms with Gasteiger partial charge in [-0.1, -0.05) is 17.3 Å². The highest BCUT2D eigenvalue weighted by atomic mass is 16.5. The van der Waals surface area contributed by atoms with Gasteiger partial charge in [0.25, 0.3) is 0 Å². The molecule has 0 saturated carbocycles. The molecule has 0 radical (unpaired) electrons. The Morgan fingerprint density at radius 1 is 1.05 bits per heavy atom. The second kappa shape index (κ2) is 4.81. The minimum atomic E-state index is -0.125. The maximum atomic E-state index is 12.5. The lowest BCUT2D eigenvalue weighted by molar-refractivity contribution is 0.103. The standard InChI is InChI=1S/C16H14N2O2/c1-18(2)12-9-7-11(8-10-12)16(19)15-13-5-3-4-6-14(13)20-17-15/h3-10H,1-2H3. The minimum absolute atomic E-state index is 0.125. The van der Waals surface area contributed by atoms with Gasteiger partial charge in [-0.3, -0.25) is 4.79 Å². The fraction of sp³-hybridized carbons (Fsp3) is 0.125. The van der Waals surface area contributed by atoms with Gasteiger partial charge in [0, 0.05) is 25.3 Å². The van der Waals surface area contributed by atoms with Gasteiger partial charge in [-0.15, -0.1) is 0 Å². The molecule has 0 aliphatic rings. The Kier molecular flexibility index (Phi) is 2.99. The summed E-state index contributed by atoms with van der Waals surface area (Å²) in [5, 5.41) is 4.64. The Balaban J connectivity index is 2.00. The molecule has 0 N–H and O–H groups in total. The number of para-hydroxylation sites is 1. The van der Waals surface area contributed by atoms with Crippen LogP contribution in [0.15, 0.2) is 53.1 Å². The number of carbonyl (C=O) groups is 1. The molecule has 4 nitrogen and oxygen atoms in total. The minimum Gasteiger partial charge on any atom is -0.378 e. The number of fused-ring (bicyclic) bond motifs is 1. The maximum Gasteiger partial charge on any atom is 0.215 e. The second-order valence-corrected chi connectivity index (χ2v) is 4.80. The van der Waals surface area contributed by atoms with Crippen molar-refractivity contribution in [3.63, 3.8) is 0 Å². The lowest BCUT2D eigenvalue weighted by atomic mass is 10.0. The summed E-state index contributed by atoms with van der Waals surface area (Å²) in [7, 11) is 3.92. The van der Waals surface area contributed by atoms with Crippen LogP contribution >= 0.6 is 0 Å². The highest BCUT2D eigenvalue weighted by Gasteiger charge is 2.17. The fourth-order valence-corrected chi connectivity index (χ4v) is 2.10. The molecule has 0 spiro atoms. The molecule has 20 heavy (non-hydrogen) atoms. The third-order valence-electron chi connectivity index (χ3n) is 3.24. The Morgan fingerprint density at radius 3 is 2.45 bits per heavy atom. The largest absolute Gasteiger partial charge is 0.378 e. The molecule has 3 rings (SSSR count). The molecule has 0 fully saturated rings. The molecule has 0 aliphatic heterocycles. The number of hydrogen-bond donors (Lipinski definition) is 0. The second-order valence-electron chi connectivity index (χ2n) is 4.80. The predicted molar refractivity (Wildman–Crippen MR) is 78.2 cm³/mol. The van der Waals surface area contributed by atoms with Gasteiger partial charge in [-0.25, -0.2) is 0 Å². The molecule has 1 heterocycles. The first-order valence-corrected chi connectivity index (χ1v) is 6.33. The van der Waals surface area contributed by atoms with E-state index < -0.39 is 0 Å². The zero-order valence-electron chi connectivity index (χ0n) is 11.3. The monoisotopic (exact) mass is 266 g/mol. The first kappa shape index (κ1) is 12.4. The number of rotatable bonds is 3. The summed E-state index contributed by atoms with van der Waals surface area (Å²) in [6, 6.07) is 14.8. The Labute approximate surface area is 116 Å². The van der Waals surface area contributed by atoms with Crippen molar-refractivity contribution in [1.82, 2.24) is 5.16 Å². The van der Waals surface area contributed by atoms with Crippen LogP contribution in [0.4, 0.5) is 5.69 Å². The molecule has 0 amide bonds. The lowest BCUT2D eigenvalue weighted by Gasteiger charge is -2.12. The van der Waals surface area contributed by atoms with Crippen molar-refractivity contribution >= 4 is 22.4 Å². The van der Waals surface area contributed by atoms with Crippen LogP contribution < -0.4 is 4.90 Å². The van der Waals surface area contributed by atoms with Crippen LogP contribution in [0.5, 0.6) is 0 Å². The molecular formula is C16H14N2O2. The van der Waals surface area contributed by atoms with Crippen LogP contribution in [0.3, 0.4) is 0 Å². The SMILES string of the molecule is CN(C)c1ccc(C(=O)c2noc3ccccc23)cc1. The van der Waals surface area contributed by atoms with E-state index in [0.717, 1.165) is 11.1 Å². The number of ketones is 1. The number of benzene rings is 2. The topological polar surface area (TPSA) is 46.3 Å². The molecule has 3 aromatic rings. The Bertz CT molecular complexity index is 758. The third kappa shape index (κ3) is 2.05. The van der Waals surface area contributed by atoms with Crippen molar-refractivity contribution in [3.8, 4) is 0 Å². The van der Waals surface area contributed by atoms with E-state index in [0.29, 0.717) is 16.8 Å². The lowest BCUT2D eigenvalue weighted by Crippen LogP contribution is -2.09. The zero-order valence-corrected chi connectivity index (χ0v) is 11.3. The van der Waals surface area contributed by atoms with Gasteiger partial charge in [0.05, 0.1) is 5.39 Å². The number of aromatic nitrogens is 1. The van der Waals surface area contributed by atoms with E-state index in [1.807, 2.05) is 49.3 Å². The third-order valence-corrected chi connectivity index (χ3v) is 3.24. The summed E-state index contributed by atoms with van der Waals surface area (Å²) < 4.78 is 5.17.